The Bertz CT molecular complexity index is 1350. The van der Waals surface area contributed by atoms with Gasteiger partial charge in [-0.15, -0.1) is 0 Å². The summed E-state index contributed by atoms with van der Waals surface area (Å²) in [5.74, 6) is 1.13. The standard InChI is InChI=1S/C29H36N4O3S/c1-4-37(35,36)28-14-10-21(17-30-28)11-15-29(34)32-18-24(22-8-6-5-7-9-22)25(19-32)27-16-26(23-12-13-23)31-33(27)20(2)3/h5-10,14,16-17,20,23-25H,4,11-13,15,18-19H2,1-3H3. The molecule has 1 aliphatic heterocycles. The summed E-state index contributed by atoms with van der Waals surface area (Å²) in [6, 6.07) is 16.4. The molecule has 0 bridgehead atoms. The van der Waals surface area contributed by atoms with Crippen LogP contribution in [0.25, 0.3) is 0 Å². The average molecular weight is 521 g/mol. The number of carbonyl (C=O) groups is 1. The molecule has 1 saturated carbocycles. The molecule has 2 aromatic heterocycles. The molecule has 1 aromatic carbocycles. The molecule has 2 aliphatic rings. The molecule has 8 heteroatoms. The van der Waals surface area contributed by atoms with Gasteiger partial charge in [-0.25, -0.2) is 13.4 Å². The van der Waals surface area contributed by atoms with E-state index in [4.69, 9.17) is 5.10 Å². The van der Waals surface area contributed by atoms with Crippen LogP contribution in [0, 0.1) is 0 Å². The zero-order valence-electron chi connectivity index (χ0n) is 21.9. The fraction of sp³-hybridized carbons (Fsp3) is 0.483. The van der Waals surface area contributed by atoms with Gasteiger partial charge in [0.1, 0.15) is 0 Å². The molecule has 2 atom stereocenters. The summed E-state index contributed by atoms with van der Waals surface area (Å²) in [5, 5.41) is 5.07. The number of aromatic nitrogens is 3. The Morgan fingerprint density at radius 1 is 1.05 bits per heavy atom. The van der Waals surface area contributed by atoms with E-state index in [0.29, 0.717) is 31.8 Å². The predicted molar refractivity (Wildman–Crippen MR) is 143 cm³/mol. The van der Waals surface area contributed by atoms with Crippen molar-refractivity contribution < 1.29 is 13.2 Å². The van der Waals surface area contributed by atoms with E-state index < -0.39 is 9.84 Å². The molecule has 0 radical (unpaired) electrons. The van der Waals surface area contributed by atoms with Crippen molar-refractivity contribution in [2.24, 2.45) is 0 Å². The first-order valence-corrected chi connectivity index (χ1v) is 15.0. The van der Waals surface area contributed by atoms with Crippen molar-refractivity contribution in [1.29, 1.82) is 0 Å². The van der Waals surface area contributed by atoms with Gasteiger partial charge in [0.05, 0.1) is 11.4 Å². The van der Waals surface area contributed by atoms with Crippen LogP contribution in [0.4, 0.5) is 0 Å². The molecule has 7 nitrogen and oxygen atoms in total. The van der Waals surface area contributed by atoms with Crippen molar-refractivity contribution in [2.45, 2.75) is 75.3 Å². The summed E-state index contributed by atoms with van der Waals surface area (Å²) in [5.41, 5.74) is 4.55. The summed E-state index contributed by atoms with van der Waals surface area (Å²) < 4.78 is 26.2. The summed E-state index contributed by atoms with van der Waals surface area (Å²) in [6.07, 6.45) is 4.91. The van der Waals surface area contributed by atoms with Gasteiger partial charge in [0.2, 0.25) is 5.91 Å². The third-order valence-electron chi connectivity index (χ3n) is 7.67. The first-order chi connectivity index (χ1) is 17.8. The average Bonchev–Trinajstić information content (AvgIpc) is 3.50. The van der Waals surface area contributed by atoms with E-state index in [0.717, 1.165) is 5.56 Å². The van der Waals surface area contributed by atoms with Crippen LogP contribution >= 0.6 is 0 Å². The van der Waals surface area contributed by atoms with Crippen LogP contribution in [0.1, 0.15) is 86.3 Å². The van der Waals surface area contributed by atoms with Crippen molar-refractivity contribution in [3.05, 3.63) is 77.2 Å². The molecule has 0 spiro atoms. The number of rotatable bonds is 9. The van der Waals surface area contributed by atoms with Crippen LogP contribution < -0.4 is 0 Å². The zero-order valence-corrected chi connectivity index (χ0v) is 22.7. The third kappa shape index (κ3) is 5.49. The SMILES string of the molecule is CCS(=O)(=O)c1ccc(CCC(=O)N2CC(c3ccccc3)C(c3cc(C4CC4)nn3C(C)C)C2)cn1. The van der Waals surface area contributed by atoms with Crippen molar-refractivity contribution in [1.82, 2.24) is 19.7 Å². The predicted octanol–water partition coefficient (Wildman–Crippen LogP) is 4.87. The topological polar surface area (TPSA) is 85.2 Å². The van der Waals surface area contributed by atoms with Crippen LogP contribution in [0.3, 0.4) is 0 Å². The third-order valence-corrected chi connectivity index (χ3v) is 9.31. The van der Waals surface area contributed by atoms with Gasteiger partial charge in [-0.3, -0.25) is 9.48 Å². The Morgan fingerprint density at radius 2 is 1.78 bits per heavy atom. The lowest BCUT2D eigenvalue weighted by Gasteiger charge is -2.21. The second kappa shape index (κ2) is 10.4. The van der Waals surface area contributed by atoms with Crippen LogP contribution in [-0.4, -0.2) is 52.8 Å². The quantitative estimate of drug-likeness (QED) is 0.402. The van der Waals surface area contributed by atoms with Gasteiger partial charge in [-0.2, -0.15) is 5.10 Å². The minimum atomic E-state index is -3.33. The first kappa shape index (κ1) is 25.6. The van der Waals surface area contributed by atoms with Gasteiger partial charge in [-0.1, -0.05) is 43.3 Å². The maximum atomic E-state index is 13.4. The largest absolute Gasteiger partial charge is 0.341 e. The second-order valence-electron chi connectivity index (χ2n) is 10.6. The summed E-state index contributed by atoms with van der Waals surface area (Å²) in [4.78, 5) is 19.5. The highest BCUT2D eigenvalue weighted by Crippen LogP contribution is 2.44. The van der Waals surface area contributed by atoms with Gasteiger partial charge in [0.15, 0.2) is 14.9 Å². The molecular formula is C29H36N4O3S. The normalized spacial score (nSPS) is 20.1. The Balaban J connectivity index is 1.34. The summed E-state index contributed by atoms with van der Waals surface area (Å²) in [7, 11) is -3.33. The van der Waals surface area contributed by atoms with Crippen molar-refractivity contribution >= 4 is 15.7 Å². The van der Waals surface area contributed by atoms with E-state index in [-0.39, 0.29) is 34.6 Å². The van der Waals surface area contributed by atoms with E-state index in [1.165, 1.54) is 29.8 Å². The number of sulfone groups is 1. The Labute approximate surface area is 219 Å². The van der Waals surface area contributed by atoms with E-state index >= 15 is 0 Å². The van der Waals surface area contributed by atoms with Crippen molar-refractivity contribution in [2.75, 3.05) is 18.8 Å². The van der Waals surface area contributed by atoms with Gasteiger partial charge in [0.25, 0.3) is 0 Å². The number of likely N-dealkylation sites (tertiary alicyclic amines) is 1. The van der Waals surface area contributed by atoms with E-state index in [1.807, 2.05) is 11.0 Å². The Morgan fingerprint density at radius 3 is 2.41 bits per heavy atom. The molecule has 3 aromatic rings. The number of benzene rings is 1. The number of aryl methyl sites for hydroxylation is 1. The number of pyridine rings is 1. The van der Waals surface area contributed by atoms with Gasteiger partial charge >= 0.3 is 0 Å². The summed E-state index contributed by atoms with van der Waals surface area (Å²) in [6.45, 7) is 7.31. The number of nitrogens with zero attached hydrogens (tertiary/aromatic N) is 4. The van der Waals surface area contributed by atoms with Gasteiger partial charge in [-0.05, 0) is 56.4 Å². The molecule has 196 valence electrons. The Hall–Kier alpha value is -3.00. The Kier molecular flexibility index (Phi) is 7.21. The molecule has 1 amide bonds. The van der Waals surface area contributed by atoms with Crippen LogP contribution in [0.2, 0.25) is 0 Å². The molecule has 1 saturated heterocycles. The fourth-order valence-corrected chi connectivity index (χ4v) is 6.13. The smallest absolute Gasteiger partial charge is 0.222 e. The van der Waals surface area contributed by atoms with Gasteiger partial charge in [0, 0.05) is 55.2 Å². The highest BCUT2D eigenvalue weighted by molar-refractivity contribution is 7.91. The molecule has 2 fully saturated rings. The molecule has 37 heavy (non-hydrogen) atoms. The second-order valence-corrected chi connectivity index (χ2v) is 12.9. The van der Waals surface area contributed by atoms with E-state index in [1.54, 1.807) is 25.3 Å². The lowest BCUT2D eigenvalue weighted by atomic mass is 9.86. The van der Waals surface area contributed by atoms with Gasteiger partial charge < -0.3 is 4.90 Å². The number of hydrogen-bond donors (Lipinski definition) is 0. The first-order valence-electron chi connectivity index (χ1n) is 13.4. The van der Waals surface area contributed by atoms with Crippen molar-refractivity contribution in [3.8, 4) is 0 Å². The zero-order chi connectivity index (χ0) is 26.2. The highest BCUT2D eigenvalue weighted by atomic mass is 32.2. The minimum absolute atomic E-state index is 0.0222. The molecule has 5 rings (SSSR count). The maximum absolute atomic E-state index is 13.4. The van der Waals surface area contributed by atoms with Crippen LogP contribution in [0.15, 0.2) is 59.8 Å². The summed E-state index contributed by atoms with van der Waals surface area (Å²) >= 11 is 0. The molecule has 3 heterocycles. The number of carbonyl (C=O) groups excluding carboxylic acids is 1. The monoisotopic (exact) mass is 520 g/mol. The number of amides is 1. The van der Waals surface area contributed by atoms with E-state index in [2.05, 4.69) is 53.8 Å². The molecular weight excluding hydrogens is 484 g/mol. The fourth-order valence-electron chi connectivity index (χ4n) is 5.34. The molecule has 0 N–H and O–H groups in total. The van der Waals surface area contributed by atoms with Crippen LogP contribution in [-0.2, 0) is 21.1 Å². The van der Waals surface area contributed by atoms with E-state index in [9.17, 15) is 13.2 Å². The molecule has 2 unspecified atom stereocenters. The highest BCUT2D eigenvalue weighted by Gasteiger charge is 2.40. The van der Waals surface area contributed by atoms with Crippen LogP contribution in [0.5, 0.6) is 0 Å². The lowest BCUT2D eigenvalue weighted by Crippen LogP contribution is -2.29. The lowest BCUT2D eigenvalue weighted by molar-refractivity contribution is -0.130. The minimum Gasteiger partial charge on any atom is -0.341 e. The number of hydrogen-bond acceptors (Lipinski definition) is 5. The van der Waals surface area contributed by atoms with Crippen molar-refractivity contribution in [3.63, 3.8) is 0 Å². The molecule has 1 aliphatic carbocycles. The maximum Gasteiger partial charge on any atom is 0.222 e.